The molecule has 0 radical (unpaired) electrons. The Bertz CT molecular complexity index is 713. The van der Waals surface area contributed by atoms with Gasteiger partial charge in [0.15, 0.2) is 0 Å². The van der Waals surface area contributed by atoms with Crippen molar-refractivity contribution in [2.24, 2.45) is 0 Å². The van der Waals surface area contributed by atoms with E-state index in [4.69, 9.17) is 4.74 Å². The quantitative estimate of drug-likeness (QED) is 0.897. The van der Waals surface area contributed by atoms with E-state index in [0.717, 1.165) is 37.6 Å². The molecule has 2 aromatic rings. The van der Waals surface area contributed by atoms with Crippen LogP contribution in [0.25, 0.3) is 0 Å². The van der Waals surface area contributed by atoms with Crippen LogP contribution >= 0.6 is 0 Å². The summed E-state index contributed by atoms with van der Waals surface area (Å²) in [5.74, 6) is 1.04. The number of amides is 1. The number of hydrogen-bond acceptors (Lipinski definition) is 6. The molecule has 8 heteroatoms. The minimum Gasteiger partial charge on any atom is -0.378 e. The number of hydrogen-bond donors (Lipinski definition) is 1. The van der Waals surface area contributed by atoms with E-state index < -0.39 is 0 Å². The number of anilines is 1. The molecule has 0 spiro atoms. The van der Waals surface area contributed by atoms with Crippen LogP contribution < -0.4 is 4.90 Å². The fraction of sp³-hybridized carbons (Fsp3) is 0.529. The smallest absolute Gasteiger partial charge is 0.274 e. The third-order valence-electron chi connectivity index (χ3n) is 4.81. The van der Waals surface area contributed by atoms with Crippen molar-refractivity contribution in [1.82, 2.24) is 25.1 Å². The van der Waals surface area contributed by atoms with Crippen LogP contribution in [0, 0.1) is 0 Å². The van der Waals surface area contributed by atoms with Gasteiger partial charge in [-0.1, -0.05) is 0 Å². The van der Waals surface area contributed by atoms with E-state index in [0.29, 0.717) is 37.9 Å². The molecule has 2 aliphatic rings. The Morgan fingerprint density at radius 2 is 2.00 bits per heavy atom. The van der Waals surface area contributed by atoms with Crippen LogP contribution in [0.15, 0.2) is 24.5 Å². The van der Waals surface area contributed by atoms with Crippen LogP contribution in [0.2, 0.25) is 0 Å². The second-order valence-electron chi connectivity index (χ2n) is 6.45. The minimum absolute atomic E-state index is 0.0233. The van der Waals surface area contributed by atoms with Crippen molar-refractivity contribution in [3.05, 3.63) is 35.9 Å². The summed E-state index contributed by atoms with van der Waals surface area (Å²) in [4.78, 5) is 25.2. The lowest BCUT2D eigenvalue weighted by molar-refractivity contribution is 0.0299. The van der Waals surface area contributed by atoms with Gasteiger partial charge in [0.2, 0.25) is 5.95 Å². The third kappa shape index (κ3) is 3.48. The van der Waals surface area contributed by atoms with Crippen molar-refractivity contribution >= 4 is 11.9 Å². The molecule has 0 aromatic carbocycles. The lowest BCUT2D eigenvalue weighted by Crippen LogP contribution is -2.40. The van der Waals surface area contributed by atoms with Crippen molar-refractivity contribution < 1.29 is 9.53 Å². The molecule has 4 rings (SSSR count). The summed E-state index contributed by atoms with van der Waals surface area (Å²) in [6.45, 7) is 4.23. The van der Waals surface area contributed by atoms with E-state index in [1.54, 1.807) is 17.3 Å². The number of nitrogens with zero attached hydrogens (tertiary/aromatic N) is 5. The zero-order valence-corrected chi connectivity index (χ0v) is 14.1. The summed E-state index contributed by atoms with van der Waals surface area (Å²) >= 11 is 0. The Morgan fingerprint density at radius 3 is 2.80 bits per heavy atom. The molecule has 4 heterocycles. The van der Waals surface area contributed by atoms with Crippen LogP contribution in [0.3, 0.4) is 0 Å². The average molecular weight is 342 g/mol. The second kappa shape index (κ2) is 7.18. The second-order valence-corrected chi connectivity index (χ2v) is 6.45. The fourth-order valence-corrected chi connectivity index (χ4v) is 3.45. The largest absolute Gasteiger partial charge is 0.378 e. The van der Waals surface area contributed by atoms with Crippen molar-refractivity contribution in [3.63, 3.8) is 0 Å². The molecule has 25 heavy (non-hydrogen) atoms. The van der Waals surface area contributed by atoms with E-state index in [1.165, 1.54) is 0 Å². The average Bonchev–Trinajstić information content (AvgIpc) is 3.19. The number of nitrogens with one attached hydrogen (secondary N) is 1. The summed E-state index contributed by atoms with van der Waals surface area (Å²) in [5.41, 5.74) is 1.50. The maximum atomic E-state index is 12.5. The molecule has 2 saturated heterocycles. The maximum absolute atomic E-state index is 12.5. The first-order valence-corrected chi connectivity index (χ1v) is 8.75. The Balaban J connectivity index is 1.45. The lowest BCUT2D eigenvalue weighted by atomic mass is 9.95. The van der Waals surface area contributed by atoms with Crippen molar-refractivity contribution in [1.29, 1.82) is 0 Å². The van der Waals surface area contributed by atoms with Crippen molar-refractivity contribution in [2.45, 2.75) is 18.8 Å². The predicted molar refractivity (Wildman–Crippen MR) is 91.5 cm³/mol. The molecule has 0 unspecified atom stereocenters. The van der Waals surface area contributed by atoms with E-state index >= 15 is 0 Å². The highest BCUT2D eigenvalue weighted by atomic mass is 16.5. The minimum atomic E-state index is -0.0233. The molecule has 1 atom stereocenters. The van der Waals surface area contributed by atoms with Gasteiger partial charge in [-0.25, -0.2) is 9.97 Å². The molecule has 2 aliphatic heterocycles. The highest BCUT2D eigenvalue weighted by Gasteiger charge is 2.26. The Hall–Kier alpha value is -2.48. The normalized spacial score (nSPS) is 21.4. The first-order chi connectivity index (χ1) is 12.3. The van der Waals surface area contributed by atoms with E-state index in [2.05, 4.69) is 25.1 Å². The third-order valence-corrected chi connectivity index (χ3v) is 4.81. The van der Waals surface area contributed by atoms with Gasteiger partial charge >= 0.3 is 0 Å². The van der Waals surface area contributed by atoms with Gasteiger partial charge in [0.05, 0.1) is 13.2 Å². The number of piperidine rings is 1. The van der Waals surface area contributed by atoms with Gasteiger partial charge in [-0.05, 0) is 25.0 Å². The van der Waals surface area contributed by atoms with E-state index in [-0.39, 0.29) is 5.91 Å². The number of aromatic nitrogens is 4. The highest BCUT2D eigenvalue weighted by Crippen LogP contribution is 2.27. The Kier molecular flexibility index (Phi) is 4.60. The molecule has 1 amide bonds. The number of rotatable bonds is 3. The number of carbonyl (C=O) groups excluding carboxylic acids is 1. The number of carbonyl (C=O) groups is 1. The number of morpholine rings is 1. The van der Waals surface area contributed by atoms with Crippen LogP contribution in [0.4, 0.5) is 5.95 Å². The van der Waals surface area contributed by atoms with Crippen molar-refractivity contribution in [2.75, 3.05) is 44.3 Å². The zero-order chi connectivity index (χ0) is 17.1. The first kappa shape index (κ1) is 16.0. The highest BCUT2D eigenvalue weighted by molar-refractivity contribution is 5.92. The Morgan fingerprint density at radius 1 is 1.20 bits per heavy atom. The number of H-pyrrole nitrogens is 1. The predicted octanol–water partition coefficient (Wildman–Crippen LogP) is 1.06. The monoisotopic (exact) mass is 342 g/mol. The number of aromatic amines is 1. The molecule has 0 aliphatic carbocycles. The molecule has 2 fully saturated rings. The van der Waals surface area contributed by atoms with Crippen molar-refractivity contribution in [3.8, 4) is 0 Å². The van der Waals surface area contributed by atoms with Gasteiger partial charge in [0.25, 0.3) is 5.91 Å². The lowest BCUT2D eigenvalue weighted by Gasteiger charge is -2.32. The molecule has 8 nitrogen and oxygen atoms in total. The summed E-state index contributed by atoms with van der Waals surface area (Å²) in [6, 6.07) is 3.72. The molecule has 1 N–H and O–H groups in total. The van der Waals surface area contributed by atoms with E-state index in [1.807, 2.05) is 12.1 Å². The van der Waals surface area contributed by atoms with Crippen LogP contribution in [0.5, 0.6) is 0 Å². The zero-order valence-electron chi connectivity index (χ0n) is 14.1. The topological polar surface area (TPSA) is 87.2 Å². The van der Waals surface area contributed by atoms with Gasteiger partial charge in [-0.3, -0.25) is 9.89 Å². The fourth-order valence-electron chi connectivity index (χ4n) is 3.45. The van der Waals surface area contributed by atoms with Gasteiger partial charge in [0, 0.05) is 50.2 Å². The van der Waals surface area contributed by atoms with E-state index in [9.17, 15) is 4.79 Å². The van der Waals surface area contributed by atoms with Gasteiger partial charge < -0.3 is 14.5 Å². The SMILES string of the molecule is O=C(c1cc([C@H]2CCCN(c3ncccn3)C2)[nH]n1)N1CCOCC1. The number of ether oxygens (including phenoxy) is 1. The molecule has 132 valence electrons. The molecule has 2 aromatic heterocycles. The molecular weight excluding hydrogens is 320 g/mol. The van der Waals surface area contributed by atoms with Gasteiger partial charge in [0.1, 0.15) is 5.69 Å². The maximum Gasteiger partial charge on any atom is 0.274 e. The summed E-state index contributed by atoms with van der Waals surface area (Å²) in [5, 5.41) is 7.33. The molecule has 0 bridgehead atoms. The first-order valence-electron chi connectivity index (χ1n) is 8.75. The summed E-state index contributed by atoms with van der Waals surface area (Å²) < 4.78 is 5.30. The summed E-state index contributed by atoms with van der Waals surface area (Å²) in [6.07, 6.45) is 5.66. The summed E-state index contributed by atoms with van der Waals surface area (Å²) in [7, 11) is 0. The van der Waals surface area contributed by atoms with Gasteiger partial charge in [-0.2, -0.15) is 5.10 Å². The molecular formula is C17H22N6O2. The van der Waals surface area contributed by atoms with Crippen LogP contribution in [-0.2, 0) is 4.74 Å². The van der Waals surface area contributed by atoms with Crippen LogP contribution in [-0.4, -0.2) is 70.4 Å². The standard InChI is InChI=1S/C17H22N6O2/c24-16(22-7-9-25-10-8-22)15-11-14(20-21-15)13-3-1-6-23(12-13)17-18-4-2-5-19-17/h2,4-5,11,13H,1,3,6-10,12H2,(H,20,21)/t13-/m0/s1. The Labute approximate surface area is 146 Å². The molecule has 0 saturated carbocycles. The van der Waals surface area contributed by atoms with Crippen LogP contribution in [0.1, 0.15) is 34.9 Å². The van der Waals surface area contributed by atoms with Gasteiger partial charge in [-0.15, -0.1) is 0 Å².